The molecule has 0 aliphatic heterocycles. The van der Waals surface area contributed by atoms with Gasteiger partial charge in [-0.25, -0.2) is 4.68 Å². The lowest BCUT2D eigenvalue weighted by atomic mass is 10.1. The fourth-order valence-electron chi connectivity index (χ4n) is 2.11. The van der Waals surface area contributed by atoms with Crippen LogP contribution in [0.4, 0.5) is 0 Å². The van der Waals surface area contributed by atoms with Gasteiger partial charge in [0.2, 0.25) is 0 Å². The number of aromatic nitrogens is 2. The smallest absolute Gasteiger partial charge is 0.0864 e. The Morgan fingerprint density at radius 3 is 2.61 bits per heavy atom. The molecule has 0 saturated carbocycles. The van der Waals surface area contributed by atoms with E-state index in [1.807, 2.05) is 37.6 Å². The minimum Gasteiger partial charge on any atom is -0.236 e. The third kappa shape index (κ3) is 2.25. The van der Waals surface area contributed by atoms with Gasteiger partial charge in [0.25, 0.3) is 0 Å². The first-order chi connectivity index (χ1) is 8.52. The lowest BCUT2D eigenvalue weighted by Gasteiger charge is -2.11. The largest absolute Gasteiger partial charge is 0.236 e. The SMILES string of the molecule is Cc1cc(C)c(-n2nc(CC#N)cc2C)c(Cl)c1. The zero-order valence-electron chi connectivity index (χ0n) is 10.7. The normalized spacial score (nSPS) is 10.4. The molecule has 0 spiro atoms. The topological polar surface area (TPSA) is 41.6 Å². The fraction of sp³-hybridized carbons (Fsp3) is 0.286. The molecule has 0 fully saturated rings. The van der Waals surface area contributed by atoms with E-state index in [2.05, 4.69) is 17.2 Å². The number of hydrogen-bond acceptors (Lipinski definition) is 2. The van der Waals surface area contributed by atoms with Gasteiger partial charge in [0.1, 0.15) is 0 Å². The molecule has 2 rings (SSSR count). The summed E-state index contributed by atoms with van der Waals surface area (Å²) in [5.41, 5.74) is 4.85. The predicted octanol–water partition coefficient (Wildman–Crippen LogP) is 3.52. The molecule has 0 unspecified atom stereocenters. The number of nitriles is 1. The maximum absolute atomic E-state index is 8.71. The minimum atomic E-state index is 0.316. The van der Waals surface area contributed by atoms with E-state index in [1.54, 1.807) is 0 Å². The first-order valence-corrected chi connectivity index (χ1v) is 6.10. The van der Waals surface area contributed by atoms with Gasteiger partial charge in [-0.05, 0) is 44.0 Å². The van der Waals surface area contributed by atoms with Crippen molar-refractivity contribution in [2.45, 2.75) is 27.2 Å². The number of rotatable bonds is 2. The molecule has 3 nitrogen and oxygen atoms in total. The predicted molar refractivity (Wildman–Crippen MR) is 72.1 cm³/mol. The highest BCUT2D eigenvalue weighted by Gasteiger charge is 2.12. The molecule has 1 aromatic carbocycles. The Balaban J connectivity index is 2.59. The maximum Gasteiger partial charge on any atom is 0.0864 e. The minimum absolute atomic E-state index is 0.316. The van der Waals surface area contributed by atoms with E-state index in [-0.39, 0.29) is 0 Å². The van der Waals surface area contributed by atoms with Crippen molar-refractivity contribution in [1.82, 2.24) is 9.78 Å². The zero-order chi connectivity index (χ0) is 13.3. The standard InChI is InChI=1S/C14H14ClN3/c1-9-6-10(2)14(13(15)7-9)18-11(3)8-12(17-18)4-5-16/h6-8H,4H2,1-3H3. The van der Waals surface area contributed by atoms with Gasteiger partial charge in [-0.2, -0.15) is 10.4 Å². The van der Waals surface area contributed by atoms with Crippen LogP contribution in [0, 0.1) is 32.1 Å². The second-order valence-electron chi connectivity index (χ2n) is 4.44. The van der Waals surface area contributed by atoms with Gasteiger partial charge in [-0.1, -0.05) is 17.7 Å². The van der Waals surface area contributed by atoms with E-state index in [1.165, 1.54) is 0 Å². The van der Waals surface area contributed by atoms with Crippen molar-refractivity contribution in [1.29, 1.82) is 5.26 Å². The maximum atomic E-state index is 8.71. The van der Waals surface area contributed by atoms with Crippen LogP contribution < -0.4 is 0 Å². The number of benzene rings is 1. The summed E-state index contributed by atoms with van der Waals surface area (Å²) in [5.74, 6) is 0. The Morgan fingerprint density at radius 2 is 2.00 bits per heavy atom. The molecule has 0 aliphatic rings. The van der Waals surface area contributed by atoms with Gasteiger partial charge in [0.15, 0.2) is 0 Å². The Bertz CT molecular complexity index is 612. The molecule has 0 atom stereocenters. The van der Waals surface area contributed by atoms with Crippen LogP contribution >= 0.6 is 11.6 Å². The van der Waals surface area contributed by atoms with Crippen molar-refractivity contribution in [3.8, 4) is 11.8 Å². The fourth-order valence-corrected chi connectivity index (χ4v) is 2.51. The van der Waals surface area contributed by atoms with Gasteiger partial charge >= 0.3 is 0 Å². The molecular weight excluding hydrogens is 246 g/mol. The lowest BCUT2D eigenvalue weighted by molar-refractivity contribution is 0.820. The summed E-state index contributed by atoms with van der Waals surface area (Å²) in [6, 6.07) is 8.02. The summed E-state index contributed by atoms with van der Waals surface area (Å²) in [6.07, 6.45) is 0.316. The van der Waals surface area contributed by atoms with Gasteiger partial charge in [-0.15, -0.1) is 0 Å². The van der Waals surface area contributed by atoms with Crippen molar-refractivity contribution >= 4 is 11.6 Å². The van der Waals surface area contributed by atoms with Crippen LogP contribution in [-0.4, -0.2) is 9.78 Å². The Labute approximate surface area is 112 Å². The first-order valence-electron chi connectivity index (χ1n) is 5.72. The summed E-state index contributed by atoms with van der Waals surface area (Å²) in [6.45, 7) is 5.99. The highest BCUT2D eigenvalue weighted by molar-refractivity contribution is 6.32. The third-order valence-electron chi connectivity index (χ3n) is 2.81. The monoisotopic (exact) mass is 259 g/mol. The van der Waals surface area contributed by atoms with Gasteiger partial charge < -0.3 is 0 Å². The average Bonchev–Trinajstić information content (AvgIpc) is 2.59. The Hall–Kier alpha value is -1.79. The van der Waals surface area contributed by atoms with Crippen molar-refractivity contribution in [2.75, 3.05) is 0 Å². The van der Waals surface area contributed by atoms with E-state index in [9.17, 15) is 0 Å². The van der Waals surface area contributed by atoms with E-state index in [4.69, 9.17) is 16.9 Å². The number of aryl methyl sites for hydroxylation is 3. The van der Waals surface area contributed by atoms with E-state index in [0.717, 1.165) is 28.2 Å². The second-order valence-corrected chi connectivity index (χ2v) is 4.84. The van der Waals surface area contributed by atoms with Gasteiger partial charge in [0.05, 0.1) is 28.9 Å². The zero-order valence-corrected chi connectivity index (χ0v) is 11.4. The van der Waals surface area contributed by atoms with Crippen LogP contribution in [-0.2, 0) is 6.42 Å². The number of halogens is 1. The van der Waals surface area contributed by atoms with E-state index in [0.29, 0.717) is 11.4 Å². The summed E-state index contributed by atoms with van der Waals surface area (Å²) in [5, 5.41) is 13.8. The summed E-state index contributed by atoms with van der Waals surface area (Å²) >= 11 is 6.30. The van der Waals surface area contributed by atoms with Crippen molar-refractivity contribution in [3.05, 3.63) is 45.7 Å². The first kappa shape index (κ1) is 12.7. The van der Waals surface area contributed by atoms with Crippen LogP contribution in [0.1, 0.15) is 22.5 Å². The molecule has 0 N–H and O–H groups in total. The summed E-state index contributed by atoms with van der Waals surface area (Å²) in [7, 11) is 0. The molecule has 2 aromatic rings. The molecule has 1 heterocycles. The van der Waals surface area contributed by atoms with Crippen molar-refractivity contribution in [2.24, 2.45) is 0 Å². The summed E-state index contributed by atoms with van der Waals surface area (Å²) in [4.78, 5) is 0. The number of nitrogens with zero attached hydrogens (tertiary/aromatic N) is 3. The molecule has 0 amide bonds. The highest BCUT2D eigenvalue weighted by atomic mass is 35.5. The molecule has 4 heteroatoms. The summed E-state index contributed by atoms with van der Waals surface area (Å²) < 4.78 is 1.81. The van der Waals surface area contributed by atoms with Crippen LogP contribution in [0.3, 0.4) is 0 Å². The van der Waals surface area contributed by atoms with Crippen LogP contribution in [0.25, 0.3) is 5.69 Å². The quantitative estimate of drug-likeness (QED) is 0.828. The Morgan fingerprint density at radius 1 is 1.28 bits per heavy atom. The molecule has 92 valence electrons. The van der Waals surface area contributed by atoms with E-state index >= 15 is 0 Å². The lowest BCUT2D eigenvalue weighted by Crippen LogP contribution is -2.03. The second kappa shape index (κ2) is 4.83. The van der Waals surface area contributed by atoms with Crippen LogP contribution in [0.5, 0.6) is 0 Å². The molecule has 0 aliphatic carbocycles. The van der Waals surface area contributed by atoms with Gasteiger partial charge in [-0.3, -0.25) is 0 Å². The molecule has 18 heavy (non-hydrogen) atoms. The average molecular weight is 260 g/mol. The van der Waals surface area contributed by atoms with Crippen molar-refractivity contribution in [3.63, 3.8) is 0 Å². The third-order valence-corrected chi connectivity index (χ3v) is 3.10. The van der Waals surface area contributed by atoms with Crippen molar-refractivity contribution < 1.29 is 0 Å². The van der Waals surface area contributed by atoms with Crippen LogP contribution in [0.15, 0.2) is 18.2 Å². The molecule has 0 saturated heterocycles. The van der Waals surface area contributed by atoms with E-state index < -0.39 is 0 Å². The molecule has 1 aromatic heterocycles. The molecule has 0 radical (unpaired) electrons. The Kier molecular flexibility index (Phi) is 3.40. The van der Waals surface area contributed by atoms with Crippen LogP contribution in [0.2, 0.25) is 5.02 Å². The highest BCUT2D eigenvalue weighted by Crippen LogP contribution is 2.26. The van der Waals surface area contributed by atoms with Gasteiger partial charge in [0, 0.05) is 5.69 Å². The molecular formula is C14H14ClN3. The molecule has 0 bridgehead atoms. The number of hydrogen-bond donors (Lipinski definition) is 0.